The first kappa shape index (κ1) is 14.0. The molecule has 0 fully saturated rings. The van der Waals surface area contributed by atoms with Crippen LogP contribution in [-0.2, 0) is 0 Å². The van der Waals surface area contributed by atoms with Crippen molar-refractivity contribution < 1.29 is 0 Å². The Labute approximate surface area is 153 Å². The van der Waals surface area contributed by atoms with Crippen LogP contribution in [0.2, 0.25) is 0 Å². The maximum absolute atomic E-state index is 4.88. The summed E-state index contributed by atoms with van der Waals surface area (Å²) in [6, 6.07) is 25.3. The number of thiazole rings is 1. The van der Waals surface area contributed by atoms with Crippen molar-refractivity contribution in [2.75, 3.05) is 0 Å². The number of hydrogen-bond acceptors (Lipinski definition) is 3. The van der Waals surface area contributed by atoms with E-state index < -0.39 is 0 Å². The lowest BCUT2D eigenvalue weighted by atomic mass is 10.1. The van der Waals surface area contributed by atoms with Crippen LogP contribution in [0, 0.1) is 0 Å². The normalized spacial score (nSPS) is 11.8. The fourth-order valence-corrected chi connectivity index (χ4v) is 4.69. The third kappa shape index (κ3) is 1.87. The molecule has 0 N–H and O–H groups in total. The first-order valence-electron chi connectivity index (χ1n) is 8.52. The molecule has 0 aliphatic carbocycles. The molecule has 3 aromatic carbocycles. The van der Waals surface area contributed by atoms with Gasteiger partial charge in [-0.2, -0.15) is 0 Å². The summed E-state index contributed by atoms with van der Waals surface area (Å²) in [5.74, 6) is 0. The average Bonchev–Trinajstić information content (AvgIpc) is 3.28. The molecule has 122 valence electrons. The number of nitrogens with zero attached hydrogens (tertiary/aromatic N) is 3. The van der Waals surface area contributed by atoms with Gasteiger partial charge in [-0.3, -0.25) is 4.40 Å². The van der Waals surface area contributed by atoms with Gasteiger partial charge in [0.25, 0.3) is 0 Å². The van der Waals surface area contributed by atoms with Gasteiger partial charge < -0.3 is 0 Å². The van der Waals surface area contributed by atoms with Gasteiger partial charge in [-0.1, -0.05) is 42.5 Å². The Hall–Kier alpha value is -3.24. The van der Waals surface area contributed by atoms with Crippen LogP contribution in [0.15, 0.2) is 79.1 Å². The molecule has 0 aliphatic rings. The second kappa shape index (κ2) is 5.13. The van der Waals surface area contributed by atoms with E-state index in [9.17, 15) is 0 Å². The maximum Gasteiger partial charge on any atom is 0.125 e. The molecular formula is C22H13N3S. The molecule has 0 amide bonds. The third-order valence-corrected chi connectivity index (χ3v) is 5.95. The van der Waals surface area contributed by atoms with Gasteiger partial charge >= 0.3 is 0 Å². The molecule has 3 heterocycles. The summed E-state index contributed by atoms with van der Waals surface area (Å²) >= 11 is 1.73. The standard InChI is InChI=1S/C22H13N3S/c1-3-10-18-14(6-1)12-19-21-15(7-5-9-17(21)23-13-25(18)19)22-24-16-8-2-4-11-20(16)26-22/h1-13H. The van der Waals surface area contributed by atoms with Gasteiger partial charge in [0.05, 0.1) is 26.8 Å². The lowest BCUT2D eigenvalue weighted by Gasteiger charge is -2.06. The maximum atomic E-state index is 4.88. The molecule has 0 aliphatic heterocycles. The van der Waals surface area contributed by atoms with Crippen LogP contribution in [0.5, 0.6) is 0 Å². The molecule has 0 radical (unpaired) electrons. The monoisotopic (exact) mass is 351 g/mol. The van der Waals surface area contributed by atoms with Crippen LogP contribution in [0.4, 0.5) is 0 Å². The predicted molar refractivity (Wildman–Crippen MR) is 109 cm³/mol. The van der Waals surface area contributed by atoms with E-state index in [1.807, 2.05) is 12.4 Å². The first-order valence-corrected chi connectivity index (χ1v) is 9.34. The van der Waals surface area contributed by atoms with Gasteiger partial charge in [0.15, 0.2) is 0 Å². The van der Waals surface area contributed by atoms with Crippen LogP contribution < -0.4 is 0 Å². The highest BCUT2D eigenvalue weighted by molar-refractivity contribution is 7.21. The van der Waals surface area contributed by atoms with Crippen molar-refractivity contribution >= 4 is 48.9 Å². The molecule has 0 unspecified atom stereocenters. The zero-order valence-electron chi connectivity index (χ0n) is 13.8. The Morgan fingerprint density at radius 3 is 2.58 bits per heavy atom. The Bertz CT molecular complexity index is 1410. The summed E-state index contributed by atoms with van der Waals surface area (Å²) in [7, 11) is 0. The Morgan fingerprint density at radius 2 is 1.62 bits per heavy atom. The zero-order valence-corrected chi connectivity index (χ0v) is 14.6. The summed E-state index contributed by atoms with van der Waals surface area (Å²) < 4.78 is 3.38. The fourth-order valence-electron chi connectivity index (χ4n) is 3.70. The third-order valence-electron chi connectivity index (χ3n) is 4.88. The first-order chi connectivity index (χ1) is 12.9. The summed E-state index contributed by atoms with van der Waals surface area (Å²) in [4.78, 5) is 9.59. The molecule has 0 saturated heterocycles. The van der Waals surface area contributed by atoms with Gasteiger partial charge in [0, 0.05) is 16.3 Å². The topological polar surface area (TPSA) is 30.2 Å². The molecule has 0 saturated carbocycles. The van der Waals surface area contributed by atoms with Crippen LogP contribution in [0.1, 0.15) is 0 Å². The van der Waals surface area contributed by atoms with Crippen molar-refractivity contribution in [2.24, 2.45) is 0 Å². The summed E-state index contributed by atoms with van der Waals surface area (Å²) in [6.07, 6.45) is 1.92. The molecule has 0 bridgehead atoms. The Morgan fingerprint density at radius 1 is 0.769 bits per heavy atom. The average molecular weight is 351 g/mol. The molecule has 0 atom stereocenters. The van der Waals surface area contributed by atoms with E-state index in [-0.39, 0.29) is 0 Å². The van der Waals surface area contributed by atoms with Gasteiger partial charge in [-0.15, -0.1) is 11.3 Å². The fraction of sp³-hybridized carbons (Fsp3) is 0. The second-order valence-electron chi connectivity index (χ2n) is 6.39. The largest absolute Gasteiger partial charge is 0.300 e. The van der Waals surface area contributed by atoms with Crippen LogP contribution >= 0.6 is 11.3 Å². The van der Waals surface area contributed by atoms with E-state index in [2.05, 4.69) is 71.1 Å². The number of benzene rings is 3. The minimum absolute atomic E-state index is 0.997. The molecule has 26 heavy (non-hydrogen) atoms. The predicted octanol–water partition coefficient (Wildman–Crippen LogP) is 5.92. The number of para-hydroxylation sites is 2. The van der Waals surface area contributed by atoms with Crippen molar-refractivity contribution in [2.45, 2.75) is 0 Å². The number of fused-ring (bicyclic) bond motifs is 6. The highest BCUT2D eigenvalue weighted by Crippen LogP contribution is 2.37. The Kier molecular flexibility index (Phi) is 2.76. The van der Waals surface area contributed by atoms with Crippen LogP contribution in [0.25, 0.3) is 48.1 Å². The minimum atomic E-state index is 0.997. The second-order valence-corrected chi connectivity index (χ2v) is 7.42. The molecule has 6 rings (SSSR count). The summed E-state index contributed by atoms with van der Waals surface area (Å²) in [6.45, 7) is 0. The SMILES string of the molecule is c1ccc2c(c1)cc1c3c(-c4nc5ccccc5s4)cccc3ncn21. The molecule has 6 aromatic rings. The highest BCUT2D eigenvalue weighted by atomic mass is 32.1. The lowest BCUT2D eigenvalue weighted by Crippen LogP contribution is -1.91. The molecule has 3 nitrogen and oxygen atoms in total. The van der Waals surface area contributed by atoms with E-state index in [0.29, 0.717) is 0 Å². The molecule has 3 aromatic heterocycles. The van der Waals surface area contributed by atoms with Gasteiger partial charge in [0.2, 0.25) is 0 Å². The number of hydrogen-bond donors (Lipinski definition) is 0. The molecular weight excluding hydrogens is 338 g/mol. The smallest absolute Gasteiger partial charge is 0.125 e. The van der Waals surface area contributed by atoms with Crippen molar-refractivity contribution in [3.05, 3.63) is 79.1 Å². The van der Waals surface area contributed by atoms with Crippen molar-refractivity contribution in [1.82, 2.24) is 14.4 Å². The van der Waals surface area contributed by atoms with Crippen LogP contribution in [0.3, 0.4) is 0 Å². The minimum Gasteiger partial charge on any atom is -0.300 e. The lowest BCUT2D eigenvalue weighted by molar-refractivity contribution is 1.17. The van der Waals surface area contributed by atoms with E-state index in [1.54, 1.807) is 11.3 Å². The van der Waals surface area contributed by atoms with Crippen LogP contribution in [-0.4, -0.2) is 14.4 Å². The van der Waals surface area contributed by atoms with Crippen molar-refractivity contribution in [3.63, 3.8) is 0 Å². The van der Waals surface area contributed by atoms with Crippen molar-refractivity contribution in [1.29, 1.82) is 0 Å². The van der Waals surface area contributed by atoms with E-state index in [1.165, 1.54) is 21.1 Å². The number of aromatic nitrogens is 3. The van der Waals surface area contributed by atoms with Gasteiger partial charge in [-0.25, -0.2) is 9.97 Å². The van der Waals surface area contributed by atoms with E-state index in [4.69, 9.17) is 9.97 Å². The Balaban J connectivity index is 1.77. The van der Waals surface area contributed by atoms with E-state index >= 15 is 0 Å². The molecule has 4 heteroatoms. The number of rotatable bonds is 1. The van der Waals surface area contributed by atoms with Crippen molar-refractivity contribution in [3.8, 4) is 10.6 Å². The van der Waals surface area contributed by atoms with Gasteiger partial charge in [0.1, 0.15) is 11.3 Å². The summed E-state index contributed by atoms with van der Waals surface area (Å²) in [5, 5.41) is 3.42. The van der Waals surface area contributed by atoms with E-state index in [0.717, 1.165) is 27.0 Å². The quantitative estimate of drug-likeness (QED) is 0.368. The highest BCUT2D eigenvalue weighted by Gasteiger charge is 2.14. The summed E-state index contributed by atoms with van der Waals surface area (Å²) in [5.41, 5.74) is 5.54. The zero-order chi connectivity index (χ0) is 17.1. The molecule has 0 spiro atoms. The van der Waals surface area contributed by atoms with Gasteiger partial charge in [-0.05, 0) is 30.3 Å².